The predicted molar refractivity (Wildman–Crippen MR) is 127 cm³/mol. The lowest BCUT2D eigenvalue weighted by atomic mass is 9.93. The predicted octanol–water partition coefficient (Wildman–Crippen LogP) is 3.51. The third-order valence-electron chi connectivity index (χ3n) is 6.46. The Bertz CT molecular complexity index is 1340. The highest BCUT2D eigenvalue weighted by Gasteiger charge is 2.25. The average Bonchev–Trinajstić information content (AvgIpc) is 3.22. The fourth-order valence-corrected chi connectivity index (χ4v) is 4.61. The molecule has 0 radical (unpaired) electrons. The summed E-state index contributed by atoms with van der Waals surface area (Å²) in [6, 6.07) is 14.9. The first-order valence-corrected chi connectivity index (χ1v) is 11.2. The van der Waals surface area contributed by atoms with Crippen LogP contribution in [0.25, 0.3) is 21.8 Å². The van der Waals surface area contributed by atoms with Crippen LogP contribution in [0.15, 0.2) is 54.7 Å². The Morgan fingerprint density at radius 1 is 1.09 bits per heavy atom. The lowest BCUT2D eigenvalue weighted by Gasteiger charge is -2.25. The van der Waals surface area contributed by atoms with Crippen LogP contribution in [0.4, 0.5) is 11.4 Å². The van der Waals surface area contributed by atoms with Crippen molar-refractivity contribution in [2.45, 2.75) is 37.8 Å². The van der Waals surface area contributed by atoms with E-state index in [1.54, 1.807) is 12.1 Å². The van der Waals surface area contributed by atoms with Crippen molar-refractivity contribution in [3.05, 3.63) is 60.4 Å². The Hall–Kier alpha value is -3.65. The Kier molecular flexibility index (Phi) is 5.38. The number of rotatable bonds is 4. The van der Waals surface area contributed by atoms with E-state index in [0.29, 0.717) is 11.2 Å². The highest BCUT2D eigenvalue weighted by molar-refractivity contribution is 6.06. The van der Waals surface area contributed by atoms with Crippen molar-refractivity contribution in [1.82, 2.24) is 9.78 Å². The van der Waals surface area contributed by atoms with Gasteiger partial charge >= 0.3 is 11.6 Å². The molecule has 3 N–H and O–H groups in total. The van der Waals surface area contributed by atoms with E-state index in [-0.39, 0.29) is 17.8 Å². The van der Waals surface area contributed by atoms with E-state index in [1.807, 2.05) is 66.3 Å². The van der Waals surface area contributed by atoms with Crippen molar-refractivity contribution in [2.24, 2.45) is 0 Å². The normalized spacial score (nSPS) is 18.5. The van der Waals surface area contributed by atoms with Gasteiger partial charge in [-0.2, -0.15) is 5.10 Å². The van der Waals surface area contributed by atoms with Gasteiger partial charge in [0.1, 0.15) is 0 Å². The number of para-hydroxylation sites is 1. The van der Waals surface area contributed by atoms with Crippen LogP contribution in [0, 0.1) is 0 Å². The first kappa shape index (κ1) is 21.2. The summed E-state index contributed by atoms with van der Waals surface area (Å²) in [6.45, 7) is 0. The van der Waals surface area contributed by atoms with E-state index in [0.717, 1.165) is 52.4 Å². The maximum atomic E-state index is 13.1. The van der Waals surface area contributed by atoms with Crippen molar-refractivity contribution in [3.8, 4) is 0 Å². The molecule has 33 heavy (non-hydrogen) atoms. The van der Waals surface area contributed by atoms with E-state index < -0.39 is 5.91 Å². The van der Waals surface area contributed by atoms with Crippen molar-refractivity contribution in [1.29, 1.82) is 0 Å². The Morgan fingerprint density at radius 3 is 2.61 bits per heavy atom. The topological polar surface area (TPSA) is 94.5 Å². The van der Waals surface area contributed by atoms with Gasteiger partial charge in [0.25, 0.3) is 5.52 Å². The van der Waals surface area contributed by atoms with Crippen LogP contribution < -0.4 is 14.9 Å². The smallest absolute Gasteiger partial charge is 0.325 e. The van der Waals surface area contributed by atoms with Crippen LogP contribution in [0.3, 0.4) is 0 Å². The van der Waals surface area contributed by atoms with Gasteiger partial charge in [0, 0.05) is 42.5 Å². The minimum Gasteiger partial charge on any atom is -0.393 e. The lowest BCUT2D eigenvalue weighted by molar-refractivity contribution is -0.885. The first-order chi connectivity index (χ1) is 15.9. The molecule has 1 amide bonds. The van der Waals surface area contributed by atoms with Gasteiger partial charge in [-0.25, -0.2) is 0 Å². The molecule has 0 atom stereocenters. The number of hydrogen-bond acceptors (Lipinski definition) is 5. The minimum absolute atomic E-state index is 0.148. The Balaban J connectivity index is 1.48. The second-order valence-electron chi connectivity index (χ2n) is 8.94. The number of aromatic nitrogens is 3. The van der Waals surface area contributed by atoms with E-state index in [4.69, 9.17) is 5.10 Å². The SMILES string of the molecule is CN(C)c1cc2nn(C3CCC(O)CC3)cc2cc1NC(=O)c1ccc2ccccc2[n+]1O. The average molecular weight is 447 g/mol. The zero-order chi connectivity index (χ0) is 23.1. The van der Waals surface area contributed by atoms with Crippen LogP contribution >= 0.6 is 0 Å². The molecule has 0 spiro atoms. The Labute approximate surface area is 191 Å². The summed E-state index contributed by atoms with van der Waals surface area (Å²) in [6.07, 6.45) is 5.18. The number of aliphatic hydroxyl groups is 1. The number of carbonyl (C=O) groups excluding carboxylic acids is 1. The van der Waals surface area contributed by atoms with Crippen molar-refractivity contribution < 1.29 is 19.8 Å². The first-order valence-electron chi connectivity index (χ1n) is 11.2. The highest BCUT2D eigenvalue weighted by Crippen LogP contribution is 2.33. The third-order valence-corrected chi connectivity index (χ3v) is 6.46. The molecule has 2 heterocycles. The molecule has 0 aliphatic heterocycles. The zero-order valence-electron chi connectivity index (χ0n) is 18.8. The summed E-state index contributed by atoms with van der Waals surface area (Å²) in [7, 11) is 3.83. The molecule has 1 fully saturated rings. The number of fused-ring (bicyclic) bond motifs is 2. The summed E-state index contributed by atoms with van der Waals surface area (Å²) in [5.74, 6) is -0.403. The zero-order valence-corrected chi connectivity index (χ0v) is 18.8. The lowest BCUT2D eigenvalue weighted by Crippen LogP contribution is -2.40. The van der Waals surface area contributed by atoms with Crippen LogP contribution in [0.2, 0.25) is 0 Å². The molecule has 0 saturated heterocycles. The molecular weight excluding hydrogens is 418 g/mol. The minimum atomic E-state index is -0.403. The van der Waals surface area contributed by atoms with Crippen molar-refractivity contribution in [2.75, 3.05) is 24.3 Å². The second-order valence-corrected chi connectivity index (χ2v) is 8.94. The molecule has 1 aliphatic carbocycles. The molecule has 8 heteroatoms. The van der Waals surface area contributed by atoms with Crippen LogP contribution in [-0.2, 0) is 0 Å². The maximum absolute atomic E-state index is 13.1. The molecule has 8 nitrogen and oxygen atoms in total. The fourth-order valence-electron chi connectivity index (χ4n) is 4.61. The number of hydrogen-bond donors (Lipinski definition) is 3. The standard InChI is InChI=1S/C25H27N5O3/c1-28(2)24-14-20-17(15-29(27-20)18-8-10-19(31)11-9-18)13-21(24)26-25(32)23-12-7-16-5-3-4-6-22(16)30(23)33/h3-7,12-15,18-19,31H,8-11H2,1-2H3,(H-,26,32,33)/p+1. The van der Waals surface area contributed by atoms with Gasteiger partial charge in [-0.3, -0.25) is 14.7 Å². The molecular formula is C25H28N5O3+. The van der Waals surface area contributed by atoms with Gasteiger partial charge in [0.05, 0.1) is 34.4 Å². The van der Waals surface area contributed by atoms with Crippen molar-refractivity contribution >= 4 is 39.1 Å². The van der Waals surface area contributed by atoms with Gasteiger partial charge in [-0.15, -0.1) is 0 Å². The van der Waals surface area contributed by atoms with Crippen molar-refractivity contribution in [3.63, 3.8) is 0 Å². The highest BCUT2D eigenvalue weighted by atomic mass is 16.5. The maximum Gasteiger partial charge on any atom is 0.325 e. The summed E-state index contributed by atoms with van der Waals surface area (Å²) in [5, 5.41) is 30.0. The monoisotopic (exact) mass is 446 g/mol. The quantitative estimate of drug-likeness (QED) is 0.329. The molecule has 5 rings (SSSR count). The third kappa shape index (κ3) is 3.98. The molecule has 1 aliphatic rings. The number of anilines is 2. The molecule has 0 unspecified atom stereocenters. The summed E-state index contributed by atoms with van der Waals surface area (Å²) >= 11 is 0. The Morgan fingerprint density at radius 2 is 1.85 bits per heavy atom. The molecule has 2 aromatic heterocycles. The summed E-state index contributed by atoms with van der Waals surface area (Å²) in [4.78, 5) is 15.0. The van der Waals surface area contributed by atoms with Gasteiger partial charge in [-0.05, 0) is 49.9 Å². The van der Waals surface area contributed by atoms with Gasteiger partial charge < -0.3 is 15.3 Å². The van der Waals surface area contributed by atoms with E-state index in [9.17, 15) is 15.1 Å². The summed E-state index contributed by atoms with van der Waals surface area (Å²) in [5.41, 5.74) is 3.03. The summed E-state index contributed by atoms with van der Waals surface area (Å²) < 4.78 is 2.92. The van der Waals surface area contributed by atoms with Crippen LogP contribution in [0.1, 0.15) is 42.2 Å². The van der Waals surface area contributed by atoms with E-state index >= 15 is 0 Å². The molecule has 0 bridgehead atoms. The number of benzene rings is 2. The molecule has 170 valence electrons. The van der Waals surface area contributed by atoms with Crippen LogP contribution in [0.5, 0.6) is 0 Å². The van der Waals surface area contributed by atoms with E-state index in [2.05, 4.69) is 5.32 Å². The van der Waals surface area contributed by atoms with E-state index in [1.165, 1.54) is 0 Å². The number of aliphatic hydroxyl groups excluding tert-OH is 1. The van der Waals surface area contributed by atoms with Gasteiger partial charge in [0.2, 0.25) is 0 Å². The number of nitrogens with one attached hydrogen (secondary N) is 1. The second kappa shape index (κ2) is 8.37. The fraction of sp³-hybridized carbons (Fsp3) is 0.320. The number of pyridine rings is 1. The van der Waals surface area contributed by atoms with Gasteiger partial charge in [0.15, 0.2) is 0 Å². The van der Waals surface area contributed by atoms with Crippen LogP contribution in [-0.4, -0.2) is 46.2 Å². The number of carbonyl (C=O) groups is 1. The molecule has 2 aromatic carbocycles. The number of nitrogens with zero attached hydrogens (tertiary/aromatic N) is 4. The van der Waals surface area contributed by atoms with Gasteiger partial charge in [-0.1, -0.05) is 12.1 Å². The molecule has 4 aromatic rings. The number of amides is 1. The largest absolute Gasteiger partial charge is 0.393 e. The molecule has 1 saturated carbocycles.